The molecule has 3 rings (SSSR count). The van der Waals surface area contributed by atoms with E-state index >= 15 is 0 Å². The van der Waals surface area contributed by atoms with Crippen LogP contribution in [-0.2, 0) is 6.42 Å². The van der Waals surface area contributed by atoms with Gasteiger partial charge in [-0.3, -0.25) is 5.10 Å². The Bertz CT molecular complexity index is 586. The van der Waals surface area contributed by atoms with Crippen LogP contribution in [0.3, 0.4) is 0 Å². The molecule has 84 valence electrons. The quantitative estimate of drug-likeness (QED) is 0.767. The molecule has 5 heteroatoms. The first-order valence-electron chi connectivity index (χ1n) is 5.26. The van der Waals surface area contributed by atoms with Crippen molar-refractivity contribution in [2.75, 3.05) is 0 Å². The number of rotatable bonds is 3. The molecule has 0 fully saturated rings. The van der Waals surface area contributed by atoms with Crippen molar-refractivity contribution in [3.8, 4) is 10.8 Å². The van der Waals surface area contributed by atoms with Crippen molar-refractivity contribution in [2.45, 2.75) is 6.42 Å². The number of aromatic amines is 1. The Morgan fingerprint density at radius 2 is 2.06 bits per heavy atom. The van der Waals surface area contributed by atoms with Crippen LogP contribution in [0.1, 0.15) is 11.3 Å². The van der Waals surface area contributed by atoms with Gasteiger partial charge in [-0.05, 0) is 5.56 Å². The minimum atomic E-state index is 0.731. The normalized spacial score (nSPS) is 10.6. The summed E-state index contributed by atoms with van der Waals surface area (Å²) in [5.41, 5.74) is 2.33. The van der Waals surface area contributed by atoms with Gasteiger partial charge in [-0.25, -0.2) is 9.97 Å². The lowest BCUT2D eigenvalue weighted by molar-refractivity contribution is 1.07. The van der Waals surface area contributed by atoms with Crippen LogP contribution >= 0.6 is 11.3 Å². The second-order valence-corrected chi connectivity index (χ2v) is 4.50. The molecule has 0 saturated carbocycles. The summed E-state index contributed by atoms with van der Waals surface area (Å²) in [6.45, 7) is 0. The lowest BCUT2D eigenvalue weighted by Gasteiger charge is -1.96. The zero-order chi connectivity index (χ0) is 11.5. The zero-order valence-electron chi connectivity index (χ0n) is 9.00. The van der Waals surface area contributed by atoms with Crippen LogP contribution in [-0.4, -0.2) is 20.2 Å². The Hall–Kier alpha value is -2.01. The first kappa shape index (κ1) is 10.2. The van der Waals surface area contributed by atoms with E-state index in [-0.39, 0.29) is 0 Å². The van der Waals surface area contributed by atoms with E-state index in [1.165, 1.54) is 11.9 Å². The van der Waals surface area contributed by atoms with Crippen LogP contribution in [0.5, 0.6) is 0 Å². The van der Waals surface area contributed by atoms with Gasteiger partial charge in [-0.15, -0.1) is 11.3 Å². The maximum atomic E-state index is 4.53. The zero-order valence-corrected chi connectivity index (χ0v) is 9.81. The molecule has 0 aliphatic rings. The molecule has 0 radical (unpaired) electrons. The van der Waals surface area contributed by atoms with E-state index in [1.807, 2.05) is 18.2 Å². The van der Waals surface area contributed by atoms with Gasteiger partial charge in [0.2, 0.25) is 0 Å². The molecule has 2 heterocycles. The summed E-state index contributed by atoms with van der Waals surface area (Å²) < 4.78 is 0. The number of aromatic nitrogens is 4. The fourth-order valence-corrected chi connectivity index (χ4v) is 2.37. The summed E-state index contributed by atoms with van der Waals surface area (Å²) in [6.07, 6.45) is 2.35. The van der Waals surface area contributed by atoms with E-state index in [1.54, 1.807) is 11.3 Å². The molecule has 0 amide bonds. The van der Waals surface area contributed by atoms with E-state index < -0.39 is 0 Å². The van der Waals surface area contributed by atoms with Crippen molar-refractivity contribution in [2.24, 2.45) is 0 Å². The second kappa shape index (κ2) is 4.47. The van der Waals surface area contributed by atoms with Crippen LogP contribution in [0.4, 0.5) is 0 Å². The van der Waals surface area contributed by atoms with Crippen LogP contribution < -0.4 is 0 Å². The van der Waals surface area contributed by atoms with Crippen LogP contribution in [0, 0.1) is 0 Å². The van der Waals surface area contributed by atoms with Gasteiger partial charge in [0.15, 0.2) is 10.8 Å². The van der Waals surface area contributed by atoms with Crippen molar-refractivity contribution in [1.82, 2.24) is 20.2 Å². The molecule has 3 aromatic rings. The average Bonchev–Trinajstić information content (AvgIpc) is 3.00. The van der Waals surface area contributed by atoms with Crippen molar-refractivity contribution in [3.63, 3.8) is 0 Å². The van der Waals surface area contributed by atoms with Gasteiger partial charge in [-0.2, -0.15) is 5.10 Å². The molecule has 17 heavy (non-hydrogen) atoms. The molecule has 1 N–H and O–H groups in total. The fourth-order valence-electron chi connectivity index (χ4n) is 1.61. The van der Waals surface area contributed by atoms with E-state index in [4.69, 9.17) is 0 Å². The molecule has 0 bridgehead atoms. The molecule has 0 aliphatic heterocycles. The lowest BCUT2D eigenvalue weighted by atomic mass is 10.1. The molecule has 1 aromatic carbocycles. The fraction of sp³-hybridized carbons (Fsp3) is 0.0833. The highest BCUT2D eigenvalue weighted by Crippen LogP contribution is 2.20. The van der Waals surface area contributed by atoms with Gasteiger partial charge in [0, 0.05) is 11.8 Å². The van der Waals surface area contributed by atoms with Gasteiger partial charge in [0.05, 0.1) is 5.69 Å². The van der Waals surface area contributed by atoms with Crippen molar-refractivity contribution in [3.05, 3.63) is 53.3 Å². The maximum Gasteiger partial charge on any atom is 0.184 e. The largest absolute Gasteiger partial charge is 0.257 e. The van der Waals surface area contributed by atoms with Crippen molar-refractivity contribution >= 4 is 11.3 Å². The maximum absolute atomic E-state index is 4.53. The average molecular weight is 242 g/mol. The molecule has 0 unspecified atom stereocenters. The minimum absolute atomic E-state index is 0.731. The highest BCUT2D eigenvalue weighted by Gasteiger charge is 2.07. The molecule has 0 atom stereocenters. The minimum Gasteiger partial charge on any atom is -0.257 e. The Morgan fingerprint density at radius 1 is 1.18 bits per heavy atom. The Labute approximate surface area is 102 Å². The first-order valence-corrected chi connectivity index (χ1v) is 6.14. The lowest BCUT2D eigenvalue weighted by Crippen LogP contribution is -1.88. The molecular formula is C12H10N4S. The molecule has 0 saturated heterocycles. The summed E-state index contributed by atoms with van der Waals surface area (Å²) in [5, 5.41) is 9.58. The standard InChI is InChI=1S/C12H10N4S/c1-2-4-9(5-3-1)6-10-7-17-12(15-10)11-13-8-14-16-11/h1-5,7-8H,6H2,(H,13,14,16). The predicted octanol–water partition coefficient (Wildman–Crippen LogP) is 2.52. The van der Waals surface area contributed by atoms with Crippen LogP contribution in [0.2, 0.25) is 0 Å². The summed E-state index contributed by atoms with van der Waals surface area (Å²) in [5.74, 6) is 0.731. The topological polar surface area (TPSA) is 54.5 Å². The van der Waals surface area contributed by atoms with Crippen molar-refractivity contribution in [1.29, 1.82) is 0 Å². The summed E-state index contributed by atoms with van der Waals surface area (Å²) >= 11 is 1.58. The summed E-state index contributed by atoms with van der Waals surface area (Å²) in [7, 11) is 0. The Morgan fingerprint density at radius 3 is 2.82 bits per heavy atom. The highest BCUT2D eigenvalue weighted by molar-refractivity contribution is 7.13. The van der Waals surface area contributed by atoms with Gasteiger partial charge >= 0.3 is 0 Å². The molecule has 0 spiro atoms. The highest BCUT2D eigenvalue weighted by atomic mass is 32.1. The van der Waals surface area contributed by atoms with Gasteiger partial charge in [-0.1, -0.05) is 30.3 Å². The van der Waals surface area contributed by atoms with Crippen LogP contribution in [0.15, 0.2) is 42.0 Å². The van der Waals surface area contributed by atoms with Gasteiger partial charge in [0.1, 0.15) is 6.33 Å². The number of thiazole rings is 1. The first-order chi connectivity index (χ1) is 8.42. The molecular weight excluding hydrogens is 232 g/mol. The third-order valence-electron chi connectivity index (χ3n) is 2.40. The summed E-state index contributed by atoms with van der Waals surface area (Å²) in [6, 6.07) is 10.3. The van der Waals surface area contributed by atoms with Gasteiger partial charge < -0.3 is 0 Å². The van der Waals surface area contributed by atoms with E-state index in [2.05, 4.69) is 37.7 Å². The number of benzene rings is 1. The van der Waals surface area contributed by atoms with E-state index in [9.17, 15) is 0 Å². The molecule has 0 aliphatic carbocycles. The third-order valence-corrected chi connectivity index (χ3v) is 3.30. The SMILES string of the molecule is c1ccc(Cc2csc(-c3ncn[nH]3)n2)cc1. The number of hydrogen-bond donors (Lipinski definition) is 1. The monoisotopic (exact) mass is 242 g/mol. The number of hydrogen-bond acceptors (Lipinski definition) is 4. The van der Waals surface area contributed by atoms with E-state index in [0.29, 0.717) is 0 Å². The number of H-pyrrole nitrogens is 1. The second-order valence-electron chi connectivity index (χ2n) is 3.64. The smallest absolute Gasteiger partial charge is 0.184 e. The number of nitrogens with zero attached hydrogens (tertiary/aromatic N) is 3. The third kappa shape index (κ3) is 2.24. The Balaban J connectivity index is 1.82. The van der Waals surface area contributed by atoms with Gasteiger partial charge in [0.25, 0.3) is 0 Å². The van der Waals surface area contributed by atoms with Crippen molar-refractivity contribution < 1.29 is 0 Å². The predicted molar refractivity (Wildman–Crippen MR) is 66.7 cm³/mol. The van der Waals surface area contributed by atoms with Crippen LogP contribution in [0.25, 0.3) is 10.8 Å². The molecule has 4 nitrogen and oxygen atoms in total. The molecule has 2 aromatic heterocycles. The van der Waals surface area contributed by atoms with E-state index in [0.717, 1.165) is 22.9 Å². The summed E-state index contributed by atoms with van der Waals surface area (Å²) in [4.78, 5) is 8.62. The Kier molecular flexibility index (Phi) is 2.67. The number of nitrogens with one attached hydrogen (secondary N) is 1.